The van der Waals surface area contributed by atoms with Gasteiger partial charge in [0, 0.05) is 37.2 Å². The van der Waals surface area contributed by atoms with Gasteiger partial charge in [-0.05, 0) is 37.3 Å². The molecule has 0 aliphatic carbocycles. The molecule has 3 aromatic rings. The molecule has 10 heteroatoms. The van der Waals surface area contributed by atoms with E-state index < -0.39 is 21.8 Å². The predicted molar refractivity (Wildman–Crippen MR) is 114 cm³/mol. The minimum absolute atomic E-state index is 0.111. The SMILES string of the molecule is CC(CO)Oc1cc(Oc2cccc(S(C)(=O)=O)c2)cc(C(=O)Nc2ccn(C)n2)c1. The van der Waals surface area contributed by atoms with Gasteiger partial charge < -0.3 is 19.9 Å². The highest BCUT2D eigenvalue weighted by molar-refractivity contribution is 7.90. The third-order valence-electron chi connectivity index (χ3n) is 4.16. The maximum absolute atomic E-state index is 12.7. The number of aliphatic hydroxyl groups excluding tert-OH is 1. The summed E-state index contributed by atoms with van der Waals surface area (Å²) < 4.78 is 36.6. The number of hydrogen-bond donors (Lipinski definition) is 2. The topological polar surface area (TPSA) is 120 Å². The van der Waals surface area contributed by atoms with E-state index in [1.54, 1.807) is 49.1 Å². The minimum Gasteiger partial charge on any atom is -0.488 e. The summed E-state index contributed by atoms with van der Waals surface area (Å²) in [6, 6.07) is 12.3. The van der Waals surface area contributed by atoms with Crippen LogP contribution in [-0.4, -0.2) is 48.2 Å². The molecule has 164 valence electrons. The molecule has 0 bridgehead atoms. The highest BCUT2D eigenvalue weighted by atomic mass is 32.2. The first kappa shape index (κ1) is 22.3. The van der Waals surface area contributed by atoms with Crippen LogP contribution >= 0.6 is 0 Å². The van der Waals surface area contributed by atoms with E-state index in [4.69, 9.17) is 9.47 Å². The Balaban J connectivity index is 1.92. The lowest BCUT2D eigenvalue weighted by atomic mass is 10.2. The van der Waals surface area contributed by atoms with Gasteiger partial charge in [0.2, 0.25) is 0 Å². The van der Waals surface area contributed by atoms with Crippen LogP contribution in [0.4, 0.5) is 5.82 Å². The van der Waals surface area contributed by atoms with E-state index in [-0.39, 0.29) is 28.6 Å². The van der Waals surface area contributed by atoms with Gasteiger partial charge in [-0.15, -0.1) is 0 Å². The largest absolute Gasteiger partial charge is 0.488 e. The van der Waals surface area contributed by atoms with Crippen molar-refractivity contribution in [1.29, 1.82) is 0 Å². The zero-order valence-electron chi connectivity index (χ0n) is 17.3. The lowest BCUT2D eigenvalue weighted by Crippen LogP contribution is -2.17. The average molecular weight is 445 g/mol. The molecule has 3 rings (SSSR count). The zero-order chi connectivity index (χ0) is 22.6. The molecule has 0 aliphatic rings. The number of ether oxygens (including phenoxy) is 2. The van der Waals surface area contributed by atoms with Crippen molar-refractivity contribution in [3.63, 3.8) is 0 Å². The summed E-state index contributed by atoms with van der Waals surface area (Å²) in [5, 5.41) is 16.1. The van der Waals surface area contributed by atoms with Crippen LogP contribution in [0.3, 0.4) is 0 Å². The van der Waals surface area contributed by atoms with E-state index in [0.29, 0.717) is 11.6 Å². The lowest BCUT2D eigenvalue weighted by Gasteiger charge is -2.15. The van der Waals surface area contributed by atoms with Gasteiger partial charge in [0.25, 0.3) is 5.91 Å². The molecule has 0 fully saturated rings. The van der Waals surface area contributed by atoms with E-state index in [0.717, 1.165) is 6.26 Å². The standard InChI is InChI=1S/C21H23N3O6S/c1-14(13-25)29-17-9-15(21(26)22-20-7-8-24(2)23-20)10-18(11-17)30-16-5-4-6-19(12-16)31(3,27)28/h4-12,14,25H,13H2,1-3H3,(H,22,23,26). The summed E-state index contributed by atoms with van der Waals surface area (Å²) in [7, 11) is -1.67. The van der Waals surface area contributed by atoms with E-state index >= 15 is 0 Å². The van der Waals surface area contributed by atoms with E-state index in [2.05, 4.69) is 10.4 Å². The van der Waals surface area contributed by atoms with E-state index in [9.17, 15) is 18.3 Å². The fourth-order valence-corrected chi connectivity index (χ4v) is 3.33. The van der Waals surface area contributed by atoms with Crippen molar-refractivity contribution in [1.82, 2.24) is 9.78 Å². The molecule has 2 N–H and O–H groups in total. The number of anilines is 1. The Morgan fingerprint density at radius 3 is 2.55 bits per heavy atom. The van der Waals surface area contributed by atoms with Gasteiger partial charge in [-0.2, -0.15) is 5.10 Å². The van der Waals surface area contributed by atoms with Gasteiger partial charge in [0.1, 0.15) is 23.4 Å². The van der Waals surface area contributed by atoms with Gasteiger partial charge in [-0.1, -0.05) is 6.07 Å². The number of hydrogen-bond acceptors (Lipinski definition) is 7. The molecule has 0 saturated carbocycles. The Morgan fingerprint density at radius 2 is 1.90 bits per heavy atom. The molecule has 0 aliphatic heterocycles. The number of carbonyl (C=O) groups excluding carboxylic acids is 1. The van der Waals surface area contributed by atoms with Crippen LogP contribution < -0.4 is 14.8 Å². The second kappa shape index (κ2) is 9.19. The number of aromatic nitrogens is 2. The fourth-order valence-electron chi connectivity index (χ4n) is 2.67. The second-order valence-electron chi connectivity index (χ2n) is 6.98. The number of benzene rings is 2. The molecule has 2 aromatic carbocycles. The molecular formula is C21H23N3O6S. The molecule has 1 atom stereocenters. The molecular weight excluding hydrogens is 422 g/mol. The van der Waals surface area contributed by atoms with Crippen molar-refractivity contribution in [3.05, 3.63) is 60.3 Å². The first-order chi connectivity index (χ1) is 14.6. The highest BCUT2D eigenvalue weighted by Crippen LogP contribution is 2.29. The van der Waals surface area contributed by atoms with Crippen molar-refractivity contribution in [2.75, 3.05) is 18.2 Å². The van der Waals surface area contributed by atoms with Gasteiger partial charge >= 0.3 is 0 Å². The van der Waals surface area contributed by atoms with Gasteiger partial charge in [0.05, 0.1) is 11.5 Å². The summed E-state index contributed by atoms with van der Waals surface area (Å²) >= 11 is 0. The highest BCUT2D eigenvalue weighted by Gasteiger charge is 2.15. The predicted octanol–water partition coefficient (Wildman–Crippen LogP) is 2.63. The summed E-state index contributed by atoms with van der Waals surface area (Å²) in [5.41, 5.74) is 0.238. The first-order valence-electron chi connectivity index (χ1n) is 9.35. The molecule has 1 aromatic heterocycles. The van der Waals surface area contributed by atoms with Gasteiger partial charge in [-0.3, -0.25) is 9.48 Å². The Morgan fingerprint density at radius 1 is 1.16 bits per heavy atom. The number of carbonyl (C=O) groups is 1. The van der Waals surface area contributed by atoms with Crippen LogP contribution in [-0.2, 0) is 16.9 Å². The maximum atomic E-state index is 12.7. The summed E-state index contributed by atoms with van der Waals surface area (Å²) in [6.45, 7) is 1.47. The van der Waals surface area contributed by atoms with Gasteiger partial charge in [0.15, 0.2) is 15.7 Å². The quantitative estimate of drug-likeness (QED) is 0.547. The number of sulfone groups is 1. The van der Waals surface area contributed by atoms with Crippen molar-refractivity contribution in [2.24, 2.45) is 7.05 Å². The van der Waals surface area contributed by atoms with Crippen molar-refractivity contribution >= 4 is 21.6 Å². The number of rotatable bonds is 8. The first-order valence-corrected chi connectivity index (χ1v) is 11.2. The van der Waals surface area contributed by atoms with Crippen LogP contribution in [0.5, 0.6) is 17.2 Å². The summed E-state index contributed by atoms with van der Waals surface area (Å²) in [6.07, 6.45) is 2.30. The molecule has 1 amide bonds. The third kappa shape index (κ3) is 6.06. The van der Waals surface area contributed by atoms with Crippen molar-refractivity contribution in [2.45, 2.75) is 17.9 Å². The molecule has 1 unspecified atom stereocenters. The Kier molecular flexibility index (Phi) is 6.62. The van der Waals surface area contributed by atoms with Crippen LogP contribution in [0, 0.1) is 0 Å². The average Bonchev–Trinajstić information content (AvgIpc) is 3.11. The van der Waals surface area contributed by atoms with E-state index in [1.165, 1.54) is 24.3 Å². The monoisotopic (exact) mass is 445 g/mol. The summed E-state index contributed by atoms with van der Waals surface area (Å²) in [5.74, 6) is 0.803. The Hall–Kier alpha value is -3.37. The molecule has 0 saturated heterocycles. The number of nitrogens with one attached hydrogen (secondary N) is 1. The fraction of sp³-hybridized carbons (Fsp3) is 0.238. The zero-order valence-corrected chi connectivity index (χ0v) is 18.1. The van der Waals surface area contributed by atoms with Crippen LogP contribution in [0.15, 0.2) is 59.6 Å². The third-order valence-corrected chi connectivity index (χ3v) is 5.27. The van der Waals surface area contributed by atoms with Gasteiger partial charge in [-0.25, -0.2) is 8.42 Å². The Labute approximate surface area is 180 Å². The number of nitrogens with zero attached hydrogens (tertiary/aromatic N) is 2. The number of amides is 1. The molecule has 0 radical (unpaired) electrons. The number of aryl methyl sites for hydroxylation is 1. The molecule has 31 heavy (non-hydrogen) atoms. The second-order valence-corrected chi connectivity index (χ2v) is 9.00. The van der Waals surface area contributed by atoms with Crippen LogP contribution in [0.2, 0.25) is 0 Å². The Bertz CT molecular complexity index is 1190. The van der Waals surface area contributed by atoms with Crippen LogP contribution in [0.1, 0.15) is 17.3 Å². The van der Waals surface area contributed by atoms with Crippen molar-refractivity contribution in [3.8, 4) is 17.2 Å². The molecule has 9 nitrogen and oxygen atoms in total. The summed E-state index contributed by atoms with van der Waals surface area (Å²) in [4.78, 5) is 12.8. The van der Waals surface area contributed by atoms with E-state index in [1.807, 2.05) is 0 Å². The lowest BCUT2D eigenvalue weighted by molar-refractivity contribution is 0.102. The maximum Gasteiger partial charge on any atom is 0.257 e. The molecule has 1 heterocycles. The van der Waals surface area contributed by atoms with Crippen molar-refractivity contribution < 1.29 is 27.8 Å². The molecule has 0 spiro atoms. The number of aliphatic hydroxyl groups is 1. The minimum atomic E-state index is -3.40. The smallest absolute Gasteiger partial charge is 0.257 e. The van der Waals surface area contributed by atoms with Crippen LogP contribution in [0.25, 0.3) is 0 Å². The normalized spacial score (nSPS) is 12.3.